The van der Waals surface area contributed by atoms with Crippen LogP contribution in [0.1, 0.15) is 24.0 Å². The lowest BCUT2D eigenvalue weighted by Crippen LogP contribution is -2.52. The first-order chi connectivity index (χ1) is 15.8. The Labute approximate surface area is 191 Å². The maximum Gasteiger partial charge on any atom is 0.416 e. The molecule has 2 aliphatic heterocycles. The van der Waals surface area contributed by atoms with E-state index in [1.165, 1.54) is 13.2 Å². The molecule has 1 amide bonds. The van der Waals surface area contributed by atoms with Crippen LogP contribution in [0.4, 0.5) is 19.0 Å². The minimum absolute atomic E-state index is 0.0386. The summed E-state index contributed by atoms with van der Waals surface area (Å²) in [6, 6.07) is 5.32. The molecule has 2 fully saturated rings. The SMILES string of the molecule is COC1(c2cccc(C(F)(F)F)c2)CCN(C(=O)CN2CCN(c3cnccn3)CC2)CC1. The van der Waals surface area contributed by atoms with Gasteiger partial charge in [0.05, 0.1) is 23.9 Å². The highest BCUT2D eigenvalue weighted by Crippen LogP contribution is 2.39. The smallest absolute Gasteiger partial charge is 0.373 e. The van der Waals surface area contributed by atoms with Gasteiger partial charge in [-0.2, -0.15) is 13.2 Å². The molecule has 2 aromatic rings. The van der Waals surface area contributed by atoms with Gasteiger partial charge in [-0.3, -0.25) is 14.7 Å². The molecule has 10 heteroatoms. The van der Waals surface area contributed by atoms with E-state index in [-0.39, 0.29) is 5.91 Å². The number of likely N-dealkylation sites (tertiary alicyclic amines) is 1. The molecule has 0 radical (unpaired) electrons. The number of amides is 1. The highest BCUT2D eigenvalue weighted by Gasteiger charge is 2.39. The molecular weight excluding hydrogens is 435 g/mol. The number of ether oxygens (including phenoxy) is 1. The van der Waals surface area contributed by atoms with Crippen LogP contribution in [0.2, 0.25) is 0 Å². The number of carbonyl (C=O) groups is 1. The van der Waals surface area contributed by atoms with Gasteiger partial charge in [0.1, 0.15) is 5.82 Å². The minimum atomic E-state index is -4.40. The van der Waals surface area contributed by atoms with Crippen LogP contribution in [0.25, 0.3) is 0 Å². The molecule has 7 nitrogen and oxygen atoms in total. The highest BCUT2D eigenvalue weighted by atomic mass is 19.4. The van der Waals surface area contributed by atoms with Gasteiger partial charge in [0.2, 0.25) is 5.91 Å². The standard InChI is InChI=1S/C23H28F3N5O2/c1-33-22(18-3-2-4-19(15-18)23(24,25)26)5-9-31(10-6-22)21(32)17-29-11-13-30(14-12-29)20-16-27-7-8-28-20/h2-4,7-8,15-16H,5-6,9-14,17H2,1H3. The van der Waals surface area contributed by atoms with Gasteiger partial charge in [0, 0.05) is 58.8 Å². The van der Waals surface area contributed by atoms with Crippen molar-refractivity contribution in [2.75, 3.05) is 57.8 Å². The Morgan fingerprint density at radius 1 is 1.09 bits per heavy atom. The molecule has 1 aromatic heterocycles. The molecule has 0 spiro atoms. The van der Waals surface area contributed by atoms with E-state index in [0.717, 1.165) is 44.1 Å². The van der Waals surface area contributed by atoms with Crippen molar-refractivity contribution >= 4 is 11.7 Å². The van der Waals surface area contributed by atoms with Crippen molar-refractivity contribution < 1.29 is 22.7 Å². The fourth-order valence-corrected chi connectivity index (χ4v) is 4.59. The summed E-state index contributed by atoms with van der Waals surface area (Å²) in [4.78, 5) is 27.4. The number of aromatic nitrogens is 2. The van der Waals surface area contributed by atoms with Crippen LogP contribution in [0.3, 0.4) is 0 Å². The molecule has 33 heavy (non-hydrogen) atoms. The number of anilines is 1. The van der Waals surface area contributed by atoms with Crippen LogP contribution in [0, 0.1) is 0 Å². The predicted molar refractivity (Wildman–Crippen MR) is 117 cm³/mol. The number of methoxy groups -OCH3 is 1. The topological polar surface area (TPSA) is 61.8 Å². The van der Waals surface area contributed by atoms with Crippen LogP contribution in [-0.2, 0) is 21.3 Å². The van der Waals surface area contributed by atoms with Gasteiger partial charge in [-0.25, -0.2) is 4.98 Å². The van der Waals surface area contributed by atoms with Gasteiger partial charge in [0.15, 0.2) is 0 Å². The van der Waals surface area contributed by atoms with E-state index in [1.807, 2.05) is 0 Å². The molecule has 0 N–H and O–H groups in total. The average molecular weight is 464 g/mol. The van der Waals surface area contributed by atoms with E-state index >= 15 is 0 Å². The van der Waals surface area contributed by atoms with Gasteiger partial charge >= 0.3 is 6.18 Å². The first-order valence-electron chi connectivity index (χ1n) is 11.0. The maximum atomic E-state index is 13.2. The highest BCUT2D eigenvalue weighted by molar-refractivity contribution is 5.78. The van der Waals surface area contributed by atoms with E-state index in [0.29, 0.717) is 38.0 Å². The summed E-state index contributed by atoms with van der Waals surface area (Å²) in [5.41, 5.74) is -0.997. The lowest BCUT2D eigenvalue weighted by molar-refractivity contribution is -0.139. The minimum Gasteiger partial charge on any atom is -0.373 e. The number of alkyl halides is 3. The van der Waals surface area contributed by atoms with E-state index in [4.69, 9.17) is 4.74 Å². The van der Waals surface area contributed by atoms with Crippen molar-refractivity contribution in [3.05, 3.63) is 54.0 Å². The summed E-state index contributed by atoms with van der Waals surface area (Å²) in [6.45, 7) is 4.27. The van der Waals surface area contributed by atoms with E-state index in [2.05, 4.69) is 19.8 Å². The third kappa shape index (κ3) is 5.27. The van der Waals surface area contributed by atoms with Crippen molar-refractivity contribution in [3.63, 3.8) is 0 Å². The zero-order valence-corrected chi connectivity index (χ0v) is 18.6. The number of hydrogen-bond donors (Lipinski definition) is 0. The van der Waals surface area contributed by atoms with Crippen molar-refractivity contribution in [2.45, 2.75) is 24.6 Å². The number of piperidine rings is 1. The monoisotopic (exact) mass is 463 g/mol. The number of carbonyl (C=O) groups excluding carboxylic acids is 1. The Morgan fingerprint density at radius 3 is 2.42 bits per heavy atom. The third-order valence-corrected chi connectivity index (χ3v) is 6.64. The first kappa shape index (κ1) is 23.4. The predicted octanol–water partition coefficient (Wildman–Crippen LogP) is 2.78. The Hall–Kier alpha value is -2.72. The summed E-state index contributed by atoms with van der Waals surface area (Å²) >= 11 is 0. The Bertz CT molecular complexity index is 941. The van der Waals surface area contributed by atoms with E-state index < -0.39 is 17.3 Å². The van der Waals surface area contributed by atoms with Gasteiger partial charge in [-0.05, 0) is 30.5 Å². The molecule has 3 heterocycles. The fourth-order valence-electron chi connectivity index (χ4n) is 4.59. The van der Waals surface area contributed by atoms with Crippen molar-refractivity contribution in [1.29, 1.82) is 0 Å². The average Bonchev–Trinajstić information content (AvgIpc) is 2.84. The number of hydrogen-bond acceptors (Lipinski definition) is 6. The van der Waals surface area contributed by atoms with Crippen molar-refractivity contribution in [1.82, 2.24) is 19.8 Å². The molecule has 1 aromatic carbocycles. The molecule has 0 saturated carbocycles. The quantitative estimate of drug-likeness (QED) is 0.680. The van der Waals surface area contributed by atoms with E-state index in [9.17, 15) is 18.0 Å². The summed E-state index contributed by atoms with van der Waals surface area (Å²) in [6.07, 6.45) is 1.55. The molecule has 2 aliphatic rings. The first-order valence-corrected chi connectivity index (χ1v) is 11.0. The number of rotatable bonds is 5. The Morgan fingerprint density at radius 2 is 1.82 bits per heavy atom. The van der Waals surface area contributed by atoms with Crippen LogP contribution in [-0.4, -0.2) is 78.6 Å². The Balaban J connectivity index is 1.31. The summed E-state index contributed by atoms with van der Waals surface area (Å²) < 4.78 is 45.2. The largest absolute Gasteiger partial charge is 0.416 e. The second-order valence-electron chi connectivity index (χ2n) is 8.48. The lowest BCUT2D eigenvalue weighted by Gasteiger charge is -2.42. The van der Waals surface area contributed by atoms with Crippen LogP contribution < -0.4 is 4.90 Å². The number of halogens is 3. The van der Waals surface area contributed by atoms with Crippen LogP contribution in [0.15, 0.2) is 42.9 Å². The van der Waals surface area contributed by atoms with Gasteiger partial charge in [-0.1, -0.05) is 12.1 Å². The van der Waals surface area contributed by atoms with E-state index in [1.54, 1.807) is 29.6 Å². The molecule has 0 atom stereocenters. The summed E-state index contributed by atoms with van der Waals surface area (Å²) in [5, 5.41) is 0. The van der Waals surface area contributed by atoms with Crippen molar-refractivity contribution in [2.24, 2.45) is 0 Å². The van der Waals surface area contributed by atoms with Gasteiger partial charge < -0.3 is 14.5 Å². The van der Waals surface area contributed by atoms with Crippen LogP contribution in [0.5, 0.6) is 0 Å². The van der Waals surface area contributed by atoms with Crippen LogP contribution >= 0.6 is 0 Å². The normalized spacial score (nSPS) is 19.5. The third-order valence-electron chi connectivity index (χ3n) is 6.64. The lowest BCUT2D eigenvalue weighted by atomic mass is 9.83. The molecule has 4 rings (SSSR count). The fraction of sp³-hybridized carbons (Fsp3) is 0.522. The zero-order valence-electron chi connectivity index (χ0n) is 18.6. The van der Waals surface area contributed by atoms with Gasteiger partial charge in [0.25, 0.3) is 0 Å². The van der Waals surface area contributed by atoms with Crippen molar-refractivity contribution in [3.8, 4) is 0 Å². The number of nitrogens with zero attached hydrogens (tertiary/aromatic N) is 5. The van der Waals surface area contributed by atoms with Gasteiger partial charge in [-0.15, -0.1) is 0 Å². The molecule has 0 bridgehead atoms. The second-order valence-corrected chi connectivity index (χ2v) is 8.48. The molecule has 0 unspecified atom stereocenters. The summed E-state index contributed by atoms with van der Waals surface area (Å²) in [5.74, 6) is 0.877. The number of piperazine rings is 1. The molecule has 2 saturated heterocycles. The molecule has 178 valence electrons. The second kappa shape index (κ2) is 9.64. The Kier molecular flexibility index (Phi) is 6.85. The molecular formula is C23H28F3N5O2. The summed E-state index contributed by atoms with van der Waals surface area (Å²) in [7, 11) is 1.52. The zero-order chi connectivity index (χ0) is 23.5. The maximum absolute atomic E-state index is 13.2. The number of benzene rings is 1. The molecule has 0 aliphatic carbocycles.